The van der Waals surface area contributed by atoms with Gasteiger partial charge in [-0.3, -0.25) is 14.5 Å². The molecule has 13 heteroatoms. The van der Waals surface area contributed by atoms with E-state index in [2.05, 4.69) is 5.32 Å². The number of hydrogen-bond acceptors (Lipinski definition) is 8. The molecule has 45 heavy (non-hydrogen) atoms. The van der Waals surface area contributed by atoms with Crippen LogP contribution in [0.1, 0.15) is 29.8 Å². The molecule has 1 aliphatic rings. The lowest BCUT2D eigenvalue weighted by molar-refractivity contribution is -0.129. The van der Waals surface area contributed by atoms with Crippen molar-refractivity contribution in [1.29, 1.82) is 0 Å². The number of amides is 3. The third-order valence-electron chi connectivity index (χ3n) is 7.28. The van der Waals surface area contributed by atoms with Gasteiger partial charge in [0.05, 0.1) is 30.7 Å². The highest BCUT2D eigenvalue weighted by Gasteiger charge is 2.39. The van der Waals surface area contributed by atoms with Crippen LogP contribution in [0.15, 0.2) is 83.8 Å². The van der Waals surface area contributed by atoms with Crippen LogP contribution < -0.4 is 20.7 Å². The summed E-state index contributed by atoms with van der Waals surface area (Å²) >= 11 is 0. The molecule has 3 aromatic rings. The summed E-state index contributed by atoms with van der Waals surface area (Å²) in [6.45, 7) is 3.38. The van der Waals surface area contributed by atoms with Gasteiger partial charge in [0, 0.05) is 30.4 Å². The van der Waals surface area contributed by atoms with Gasteiger partial charge in [-0.2, -0.15) is 4.31 Å². The number of hydrogen-bond donors (Lipinski definition) is 3. The lowest BCUT2D eigenvalue weighted by Crippen LogP contribution is -2.53. The molecule has 0 spiro atoms. The van der Waals surface area contributed by atoms with Crippen LogP contribution in [0.25, 0.3) is 0 Å². The molecule has 3 aromatic carbocycles. The minimum Gasteiger partial charge on any atom is -0.497 e. The Hall–Kier alpha value is -4.46. The van der Waals surface area contributed by atoms with Crippen LogP contribution in [0.5, 0.6) is 5.75 Å². The van der Waals surface area contributed by atoms with Gasteiger partial charge in [-0.15, -0.1) is 0 Å². The fraction of sp³-hybridized carbons (Fsp3) is 0.344. The van der Waals surface area contributed by atoms with E-state index in [1.165, 1.54) is 40.6 Å². The van der Waals surface area contributed by atoms with E-state index < -0.39 is 46.2 Å². The van der Waals surface area contributed by atoms with Crippen molar-refractivity contribution >= 4 is 33.6 Å². The molecule has 1 aliphatic heterocycles. The Balaban J connectivity index is 1.56. The zero-order valence-corrected chi connectivity index (χ0v) is 26.1. The van der Waals surface area contributed by atoms with Crippen LogP contribution in [0.4, 0.5) is 10.5 Å². The van der Waals surface area contributed by atoms with Crippen molar-refractivity contribution in [1.82, 2.24) is 9.62 Å². The number of sulfonamides is 1. The summed E-state index contributed by atoms with van der Waals surface area (Å²) in [5.74, 6) is -1.03. The summed E-state index contributed by atoms with van der Waals surface area (Å²) in [6, 6.07) is 20.3. The van der Waals surface area contributed by atoms with Crippen molar-refractivity contribution in [2.45, 2.75) is 43.4 Å². The number of anilines is 1. The SMILES string of the molecule is COc1cccc(S(=O)(=O)N(CC(C)C)C[C@@H](O)C(Cc2ccccc2)NC(=O)[C@@H]2CN(c3cccc(C(N)=O)c3)C(=O)O2)c1. The van der Waals surface area contributed by atoms with Gasteiger partial charge in [0.25, 0.3) is 5.91 Å². The number of nitrogens with zero attached hydrogens (tertiary/aromatic N) is 2. The molecule has 1 unspecified atom stereocenters. The number of nitrogens with one attached hydrogen (secondary N) is 1. The molecular weight excluding hydrogens is 600 g/mol. The summed E-state index contributed by atoms with van der Waals surface area (Å²) in [4.78, 5) is 39.0. The van der Waals surface area contributed by atoms with Crippen molar-refractivity contribution < 1.29 is 37.4 Å². The van der Waals surface area contributed by atoms with E-state index in [-0.39, 0.29) is 42.4 Å². The van der Waals surface area contributed by atoms with Crippen LogP contribution >= 0.6 is 0 Å². The second kappa shape index (κ2) is 14.5. The van der Waals surface area contributed by atoms with Crippen LogP contribution in [0.3, 0.4) is 0 Å². The lowest BCUT2D eigenvalue weighted by Gasteiger charge is -2.31. The minimum atomic E-state index is -4.06. The summed E-state index contributed by atoms with van der Waals surface area (Å²) in [7, 11) is -2.62. The second-order valence-electron chi connectivity index (χ2n) is 11.2. The smallest absolute Gasteiger partial charge is 0.415 e. The van der Waals surface area contributed by atoms with E-state index in [9.17, 15) is 27.9 Å². The molecule has 0 aromatic heterocycles. The van der Waals surface area contributed by atoms with Crippen LogP contribution in [0, 0.1) is 5.92 Å². The maximum Gasteiger partial charge on any atom is 0.415 e. The molecule has 240 valence electrons. The largest absolute Gasteiger partial charge is 0.497 e. The van der Waals surface area contributed by atoms with Crippen LogP contribution in [-0.2, 0) is 26.0 Å². The molecule has 4 N–H and O–H groups in total. The van der Waals surface area contributed by atoms with Gasteiger partial charge >= 0.3 is 6.09 Å². The number of aliphatic hydroxyl groups is 1. The molecule has 0 saturated carbocycles. The number of rotatable bonds is 14. The fourth-order valence-corrected chi connectivity index (χ4v) is 6.65. The van der Waals surface area contributed by atoms with Gasteiger partial charge in [-0.05, 0) is 48.2 Å². The fourth-order valence-electron chi connectivity index (χ4n) is 4.99. The molecular formula is C32H38N4O8S. The Morgan fingerprint density at radius 2 is 1.78 bits per heavy atom. The molecule has 1 fully saturated rings. The molecule has 12 nitrogen and oxygen atoms in total. The number of benzene rings is 3. The number of nitrogens with two attached hydrogens (primary N) is 1. The van der Waals surface area contributed by atoms with Crippen molar-refractivity contribution in [2.24, 2.45) is 11.7 Å². The zero-order valence-electron chi connectivity index (χ0n) is 25.3. The number of cyclic esters (lactones) is 1. The van der Waals surface area contributed by atoms with Crippen molar-refractivity contribution in [3.05, 3.63) is 90.0 Å². The number of primary amides is 1. The highest BCUT2D eigenvalue weighted by molar-refractivity contribution is 7.89. The molecule has 3 atom stereocenters. The van der Waals surface area contributed by atoms with E-state index in [1.54, 1.807) is 24.3 Å². The van der Waals surface area contributed by atoms with Crippen LogP contribution in [0.2, 0.25) is 0 Å². The first-order chi connectivity index (χ1) is 21.4. The number of aliphatic hydroxyl groups excluding tert-OH is 1. The standard InChI is InChI=1S/C32H38N4O8S/c1-21(2)18-35(45(41,42)26-14-8-13-25(17-26)43-3)19-28(37)27(15-22-9-5-4-6-10-22)34-31(39)29-20-36(32(40)44-29)24-12-7-11-23(16-24)30(33)38/h4-14,16-17,21,27-29,37H,15,18-20H2,1-3H3,(H2,33,38)(H,34,39)/t27?,28-,29+/m1/s1. The predicted molar refractivity (Wildman–Crippen MR) is 167 cm³/mol. The normalized spacial score (nSPS) is 16.4. The van der Waals surface area contributed by atoms with Crippen molar-refractivity contribution in [3.8, 4) is 5.75 Å². The van der Waals surface area contributed by atoms with E-state index in [4.69, 9.17) is 15.2 Å². The van der Waals surface area contributed by atoms with Gasteiger partial charge in [0.15, 0.2) is 6.10 Å². The van der Waals surface area contributed by atoms with Crippen LogP contribution in [-0.4, -0.2) is 80.7 Å². The maximum absolute atomic E-state index is 13.7. The number of carbonyl (C=O) groups is 3. The van der Waals surface area contributed by atoms with E-state index in [0.29, 0.717) is 11.4 Å². The maximum atomic E-state index is 13.7. The van der Waals surface area contributed by atoms with E-state index >= 15 is 0 Å². The zero-order chi connectivity index (χ0) is 32.7. The van der Waals surface area contributed by atoms with Gasteiger partial charge in [0.1, 0.15) is 5.75 Å². The molecule has 1 saturated heterocycles. The van der Waals surface area contributed by atoms with Gasteiger partial charge in [0.2, 0.25) is 15.9 Å². The summed E-state index contributed by atoms with van der Waals surface area (Å²) < 4.78 is 39.2. The summed E-state index contributed by atoms with van der Waals surface area (Å²) in [5.41, 5.74) is 6.68. The molecule has 3 amide bonds. The average Bonchev–Trinajstić information content (AvgIpc) is 3.42. The number of ether oxygens (including phenoxy) is 2. The molecule has 0 radical (unpaired) electrons. The Labute approximate surface area is 262 Å². The molecule has 0 aliphatic carbocycles. The predicted octanol–water partition coefficient (Wildman–Crippen LogP) is 2.55. The minimum absolute atomic E-state index is 0.0108. The summed E-state index contributed by atoms with van der Waals surface area (Å²) in [6.07, 6.45) is -3.18. The average molecular weight is 639 g/mol. The molecule has 1 heterocycles. The highest BCUT2D eigenvalue weighted by Crippen LogP contribution is 2.25. The van der Waals surface area contributed by atoms with E-state index in [0.717, 1.165) is 5.56 Å². The Kier molecular flexibility index (Phi) is 10.8. The third kappa shape index (κ3) is 8.38. The quantitative estimate of drug-likeness (QED) is 0.242. The topological polar surface area (TPSA) is 169 Å². The van der Waals surface area contributed by atoms with Gasteiger partial charge in [-0.1, -0.05) is 56.3 Å². The second-order valence-corrected chi connectivity index (χ2v) is 13.1. The van der Waals surface area contributed by atoms with Gasteiger partial charge in [-0.25, -0.2) is 13.2 Å². The number of carbonyl (C=O) groups excluding carboxylic acids is 3. The summed E-state index contributed by atoms with van der Waals surface area (Å²) in [5, 5.41) is 14.3. The van der Waals surface area contributed by atoms with Crippen molar-refractivity contribution in [2.75, 3.05) is 31.6 Å². The first-order valence-corrected chi connectivity index (χ1v) is 15.9. The first-order valence-electron chi connectivity index (χ1n) is 14.4. The first kappa shape index (κ1) is 33.4. The number of methoxy groups -OCH3 is 1. The lowest BCUT2D eigenvalue weighted by atomic mass is 10.0. The Morgan fingerprint density at radius 1 is 1.07 bits per heavy atom. The molecule has 0 bridgehead atoms. The van der Waals surface area contributed by atoms with Crippen molar-refractivity contribution in [3.63, 3.8) is 0 Å². The Morgan fingerprint density at radius 3 is 2.44 bits per heavy atom. The molecule has 4 rings (SSSR count). The van der Waals surface area contributed by atoms with E-state index in [1.807, 2.05) is 44.2 Å². The monoisotopic (exact) mass is 638 g/mol. The highest BCUT2D eigenvalue weighted by atomic mass is 32.2. The Bertz CT molecular complexity index is 1620. The third-order valence-corrected chi connectivity index (χ3v) is 9.10. The van der Waals surface area contributed by atoms with Gasteiger partial charge < -0.3 is 25.6 Å².